The fraction of sp³-hybridized carbons (Fsp3) is 0.409. The van der Waals surface area contributed by atoms with Crippen molar-refractivity contribution in [3.8, 4) is 5.75 Å². The largest absolute Gasteiger partial charge is 0.497 e. The Labute approximate surface area is 155 Å². The van der Waals surface area contributed by atoms with E-state index in [1.54, 1.807) is 7.11 Å². The molecule has 1 fully saturated rings. The van der Waals surface area contributed by atoms with E-state index in [0.717, 1.165) is 38.0 Å². The number of anilines is 1. The molecule has 0 bridgehead atoms. The van der Waals surface area contributed by atoms with E-state index in [4.69, 9.17) is 4.74 Å². The number of hydrogen-bond acceptors (Lipinski definition) is 3. The topological polar surface area (TPSA) is 50.4 Å². The zero-order valence-corrected chi connectivity index (χ0v) is 15.2. The maximum absolute atomic E-state index is 12.4. The van der Waals surface area contributed by atoms with Gasteiger partial charge < -0.3 is 15.4 Å². The standard InChI is InChI=1S/C22H26N2O2/c1-26-18-10-7-15(8-11-18)19-14-20(19)22(25)23-13-12-17-9-6-16-4-2-3-5-21(16)24-17/h2-5,7-8,10-11,17,19-20,24H,6,9,12-14H2,1H3,(H,23,25)/t17?,19-,20+/m0/s1. The average Bonchev–Trinajstić information content (AvgIpc) is 3.49. The van der Waals surface area contributed by atoms with E-state index in [1.165, 1.54) is 16.8 Å². The average molecular weight is 350 g/mol. The summed E-state index contributed by atoms with van der Waals surface area (Å²) < 4.78 is 5.19. The summed E-state index contributed by atoms with van der Waals surface area (Å²) in [6.07, 6.45) is 4.17. The van der Waals surface area contributed by atoms with Gasteiger partial charge in [0.15, 0.2) is 0 Å². The van der Waals surface area contributed by atoms with Crippen LogP contribution in [-0.2, 0) is 11.2 Å². The number of aryl methyl sites for hydroxylation is 1. The smallest absolute Gasteiger partial charge is 0.223 e. The number of hydrogen-bond donors (Lipinski definition) is 2. The van der Waals surface area contributed by atoms with Crippen LogP contribution in [0.25, 0.3) is 0 Å². The van der Waals surface area contributed by atoms with Gasteiger partial charge in [0.1, 0.15) is 5.75 Å². The molecule has 1 unspecified atom stereocenters. The molecule has 0 spiro atoms. The molecule has 0 radical (unpaired) electrons. The van der Waals surface area contributed by atoms with Crippen molar-refractivity contribution >= 4 is 11.6 Å². The maximum atomic E-state index is 12.4. The highest BCUT2D eigenvalue weighted by Gasteiger charge is 2.43. The van der Waals surface area contributed by atoms with Crippen molar-refractivity contribution in [1.82, 2.24) is 5.32 Å². The fourth-order valence-electron chi connectivity index (χ4n) is 3.92. The van der Waals surface area contributed by atoms with Gasteiger partial charge in [-0.3, -0.25) is 4.79 Å². The molecule has 136 valence electrons. The van der Waals surface area contributed by atoms with Crippen molar-refractivity contribution < 1.29 is 9.53 Å². The van der Waals surface area contributed by atoms with Gasteiger partial charge in [-0.15, -0.1) is 0 Å². The molecule has 1 amide bonds. The molecule has 1 saturated carbocycles. The highest BCUT2D eigenvalue weighted by molar-refractivity contribution is 5.82. The highest BCUT2D eigenvalue weighted by Crippen LogP contribution is 2.47. The van der Waals surface area contributed by atoms with Crippen LogP contribution < -0.4 is 15.4 Å². The molecule has 0 aromatic heterocycles. The molecule has 26 heavy (non-hydrogen) atoms. The molecular formula is C22H26N2O2. The van der Waals surface area contributed by atoms with E-state index < -0.39 is 0 Å². The Bertz CT molecular complexity index is 772. The van der Waals surface area contributed by atoms with Crippen LogP contribution in [-0.4, -0.2) is 25.6 Å². The van der Waals surface area contributed by atoms with Gasteiger partial charge in [0, 0.05) is 24.2 Å². The molecule has 4 nitrogen and oxygen atoms in total. The number of para-hydroxylation sites is 1. The van der Waals surface area contributed by atoms with Crippen molar-refractivity contribution in [2.24, 2.45) is 5.92 Å². The van der Waals surface area contributed by atoms with Crippen LogP contribution in [0.4, 0.5) is 5.69 Å². The van der Waals surface area contributed by atoms with Gasteiger partial charge in [0.2, 0.25) is 5.91 Å². The Kier molecular flexibility index (Phi) is 4.83. The van der Waals surface area contributed by atoms with E-state index >= 15 is 0 Å². The molecule has 2 aromatic carbocycles. The van der Waals surface area contributed by atoms with Crippen LogP contribution in [0, 0.1) is 5.92 Å². The summed E-state index contributed by atoms with van der Waals surface area (Å²) in [5, 5.41) is 6.73. The van der Waals surface area contributed by atoms with Gasteiger partial charge in [-0.2, -0.15) is 0 Å². The molecule has 1 heterocycles. The first-order valence-electron chi connectivity index (χ1n) is 9.50. The predicted molar refractivity (Wildman–Crippen MR) is 104 cm³/mol. The molecule has 1 aliphatic heterocycles. The SMILES string of the molecule is COc1ccc([C@@H]2C[C@H]2C(=O)NCCC2CCc3ccccc3N2)cc1. The summed E-state index contributed by atoms with van der Waals surface area (Å²) in [5.74, 6) is 1.54. The van der Waals surface area contributed by atoms with Crippen molar-refractivity contribution in [3.63, 3.8) is 0 Å². The summed E-state index contributed by atoms with van der Waals surface area (Å²) in [4.78, 5) is 12.4. The first-order chi connectivity index (χ1) is 12.7. The maximum Gasteiger partial charge on any atom is 0.223 e. The van der Waals surface area contributed by atoms with Crippen molar-refractivity contribution in [2.75, 3.05) is 19.0 Å². The zero-order chi connectivity index (χ0) is 17.9. The van der Waals surface area contributed by atoms with E-state index in [1.807, 2.05) is 12.1 Å². The predicted octanol–water partition coefficient (Wildman–Crippen LogP) is 3.73. The number of carbonyl (C=O) groups is 1. The molecule has 4 rings (SSSR count). The first-order valence-corrected chi connectivity index (χ1v) is 9.50. The number of methoxy groups -OCH3 is 1. The lowest BCUT2D eigenvalue weighted by Gasteiger charge is -2.27. The quantitative estimate of drug-likeness (QED) is 0.835. The van der Waals surface area contributed by atoms with Crippen molar-refractivity contribution in [1.29, 1.82) is 0 Å². The minimum atomic E-state index is 0.128. The Morgan fingerprint density at radius 3 is 2.81 bits per heavy atom. The second kappa shape index (κ2) is 7.40. The number of carbonyl (C=O) groups excluding carboxylic acids is 1. The highest BCUT2D eigenvalue weighted by atomic mass is 16.5. The summed E-state index contributed by atoms with van der Waals surface area (Å²) >= 11 is 0. The van der Waals surface area contributed by atoms with Gasteiger partial charge in [-0.25, -0.2) is 0 Å². The third kappa shape index (κ3) is 3.69. The van der Waals surface area contributed by atoms with Gasteiger partial charge in [-0.1, -0.05) is 30.3 Å². The van der Waals surface area contributed by atoms with Crippen LogP contribution in [0.5, 0.6) is 5.75 Å². The summed E-state index contributed by atoms with van der Waals surface area (Å²) in [5.41, 5.74) is 3.88. The van der Waals surface area contributed by atoms with E-state index in [-0.39, 0.29) is 11.8 Å². The molecule has 4 heteroatoms. The fourth-order valence-corrected chi connectivity index (χ4v) is 3.92. The second-order valence-corrected chi connectivity index (χ2v) is 7.34. The lowest BCUT2D eigenvalue weighted by Crippen LogP contribution is -2.33. The Morgan fingerprint density at radius 2 is 2.00 bits per heavy atom. The van der Waals surface area contributed by atoms with Crippen molar-refractivity contribution in [2.45, 2.75) is 37.6 Å². The third-order valence-electron chi connectivity index (χ3n) is 5.60. The molecule has 2 N–H and O–H groups in total. The van der Waals surface area contributed by atoms with Crippen LogP contribution in [0.1, 0.15) is 36.3 Å². The van der Waals surface area contributed by atoms with Crippen LogP contribution >= 0.6 is 0 Å². The van der Waals surface area contributed by atoms with Gasteiger partial charge in [0.05, 0.1) is 7.11 Å². The molecule has 1 aliphatic carbocycles. The number of rotatable bonds is 6. The molecule has 0 saturated heterocycles. The summed E-state index contributed by atoms with van der Waals surface area (Å²) in [6.45, 7) is 0.741. The number of amides is 1. The van der Waals surface area contributed by atoms with Crippen molar-refractivity contribution in [3.05, 3.63) is 59.7 Å². The number of ether oxygens (including phenoxy) is 1. The Balaban J connectivity index is 1.22. The first kappa shape index (κ1) is 17.0. The molecule has 3 atom stereocenters. The Hall–Kier alpha value is -2.49. The van der Waals surface area contributed by atoms with E-state index in [0.29, 0.717) is 12.0 Å². The number of benzene rings is 2. The van der Waals surface area contributed by atoms with Crippen LogP contribution in [0.2, 0.25) is 0 Å². The normalized spacial score (nSPS) is 23.5. The summed E-state index contributed by atoms with van der Waals surface area (Å²) in [7, 11) is 1.67. The summed E-state index contributed by atoms with van der Waals surface area (Å²) in [6, 6.07) is 17.0. The molecule has 2 aliphatic rings. The van der Waals surface area contributed by atoms with Crippen LogP contribution in [0.3, 0.4) is 0 Å². The van der Waals surface area contributed by atoms with E-state index in [2.05, 4.69) is 47.0 Å². The minimum Gasteiger partial charge on any atom is -0.497 e. The number of fused-ring (bicyclic) bond motifs is 1. The number of nitrogens with one attached hydrogen (secondary N) is 2. The lowest BCUT2D eigenvalue weighted by molar-refractivity contribution is -0.122. The lowest BCUT2D eigenvalue weighted by atomic mass is 9.96. The molecular weight excluding hydrogens is 324 g/mol. The Morgan fingerprint density at radius 1 is 1.19 bits per heavy atom. The van der Waals surface area contributed by atoms with Gasteiger partial charge in [-0.05, 0) is 60.9 Å². The minimum absolute atomic E-state index is 0.128. The zero-order valence-electron chi connectivity index (χ0n) is 15.2. The van der Waals surface area contributed by atoms with Gasteiger partial charge in [0.25, 0.3) is 0 Å². The monoisotopic (exact) mass is 350 g/mol. The molecule has 2 aromatic rings. The van der Waals surface area contributed by atoms with Gasteiger partial charge >= 0.3 is 0 Å². The third-order valence-corrected chi connectivity index (χ3v) is 5.60. The van der Waals surface area contributed by atoms with Crippen LogP contribution in [0.15, 0.2) is 48.5 Å². The second-order valence-electron chi connectivity index (χ2n) is 7.34. The van der Waals surface area contributed by atoms with E-state index in [9.17, 15) is 4.79 Å².